The van der Waals surface area contributed by atoms with E-state index in [0.717, 1.165) is 6.42 Å². The molecular weight excluding hydrogens is 460 g/mol. The standard InChI is InChI=1S/C22H34N6O5S/c1-10-17-16(11(2)26-15(29)8-24-3)21(31)28(17)18(22(32)33)19(10)34-13-6-14(25-7-13)20(30)27-5-4-12(23)9-27/h10-14,16-17,24-25H,4-9,23H2,1-3H3,(H,26,29)(H,32,33)/t10-,11-,12+,13+,14+,16-,17-/m1/s1. The number of carbonyl (C=O) groups excluding carboxylic acids is 3. The third-order valence-electron chi connectivity index (χ3n) is 7.27. The molecule has 4 rings (SSSR count). The molecule has 3 saturated heterocycles. The summed E-state index contributed by atoms with van der Waals surface area (Å²) in [6.45, 7) is 5.70. The number of thioether (sulfide) groups is 1. The van der Waals surface area contributed by atoms with E-state index in [4.69, 9.17) is 5.73 Å². The molecule has 0 aromatic carbocycles. The molecule has 0 spiro atoms. The molecule has 188 valence electrons. The molecule has 0 unspecified atom stereocenters. The number of carboxylic acid groups (broad SMARTS) is 1. The Balaban J connectivity index is 1.43. The van der Waals surface area contributed by atoms with Gasteiger partial charge >= 0.3 is 5.97 Å². The van der Waals surface area contributed by atoms with Crippen LogP contribution in [-0.2, 0) is 19.2 Å². The van der Waals surface area contributed by atoms with E-state index in [1.807, 2.05) is 6.92 Å². The second-order valence-corrected chi connectivity index (χ2v) is 11.0. The summed E-state index contributed by atoms with van der Waals surface area (Å²) >= 11 is 1.46. The van der Waals surface area contributed by atoms with E-state index in [2.05, 4.69) is 16.0 Å². The number of rotatable bonds is 8. The number of nitrogens with zero attached hydrogens (tertiary/aromatic N) is 2. The first-order valence-electron chi connectivity index (χ1n) is 11.8. The van der Waals surface area contributed by atoms with Crippen molar-refractivity contribution in [3.05, 3.63) is 10.6 Å². The summed E-state index contributed by atoms with van der Waals surface area (Å²) in [7, 11) is 1.67. The van der Waals surface area contributed by atoms with Gasteiger partial charge in [0.25, 0.3) is 0 Å². The summed E-state index contributed by atoms with van der Waals surface area (Å²) in [5, 5.41) is 18.9. The summed E-state index contributed by atoms with van der Waals surface area (Å²) in [5.74, 6) is -2.20. The number of carboxylic acids is 1. The predicted molar refractivity (Wildman–Crippen MR) is 126 cm³/mol. The molecule has 3 fully saturated rings. The normalized spacial score (nSPS) is 33.7. The molecular formula is C22H34N6O5S. The Bertz CT molecular complexity index is 912. The highest BCUT2D eigenvalue weighted by Crippen LogP contribution is 2.51. The summed E-state index contributed by atoms with van der Waals surface area (Å²) in [5.41, 5.74) is 5.97. The Kier molecular flexibility index (Phi) is 7.22. The van der Waals surface area contributed by atoms with Crippen LogP contribution in [0.5, 0.6) is 0 Å². The number of likely N-dealkylation sites (tertiary alicyclic amines) is 1. The molecule has 4 heterocycles. The van der Waals surface area contributed by atoms with Crippen LogP contribution < -0.4 is 21.7 Å². The van der Waals surface area contributed by atoms with Crippen LogP contribution in [0.3, 0.4) is 0 Å². The Labute approximate surface area is 203 Å². The predicted octanol–water partition coefficient (Wildman–Crippen LogP) is -1.49. The minimum atomic E-state index is -1.12. The van der Waals surface area contributed by atoms with Gasteiger partial charge in [-0.05, 0) is 26.8 Å². The highest BCUT2D eigenvalue weighted by Gasteiger charge is 2.60. The van der Waals surface area contributed by atoms with Gasteiger partial charge in [-0.15, -0.1) is 11.8 Å². The minimum absolute atomic E-state index is 0.0250. The largest absolute Gasteiger partial charge is 0.477 e. The van der Waals surface area contributed by atoms with Crippen molar-refractivity contribution >= 4 is 35.5 Å². The third kappa shape index (κ3) is 4.43. The molecule has 34 heavy (non-hydrogen) atoms. The number of amides is 3. The lowest BCUT2D eigenvalue weighted by atomic mass is 9.78. The van der Waals surface area contributed by atoms with E-state index in [0.29, 0.717) is 31.0 Å². The molecule has 0 radical (unpaired) electrons. The number of aliphatic carboxylic acids is 1. The van der Waals surface area contributed by atoms with Gasteiger partial charge in [-0.2, -0.15) is 0 Å². The van der Waals surface area contributed by atoms with Gasteiger partial charge in [0.1, 0.15) is 5.70 Å². The Morgan fingerprint density at radius 2 is 2.09 bits per heavy atom. The number of likely N-dealkylation sites (N-methyl/N-ethyl adjacent to an activating group) is 1. The summed E-state index contributed by atoms with van der Waals surface area (Å²) < 4.78 is 0. The van der Waals surface area contributed by atoms with Crippen LogP contribution in [0.25, 0.3) is 0 Å². The van der Waals surface area contributed by atoms with Gasteiger partial charge in [0.05, 0.1) is 24.5 Å². The van der Waals surface area contributed by atoms with E-state index >= 15 is 0 Å². The van der Waals surface area contributed by atoms with Crippen molar-refractivity contribution < 1.29 is 24.3 Å². The van der Waals surface area contributed by atoms with Crippen LogP contribution in [0, 0.1) is 11.8 Å². The number of nitrogens with one attached hydrogen (secondary N) is 3. The highest BCUT2D eigenvalue weighted by atomic mass is 32.2. The smallest absolute Gasteiger partial charge is 0.353 e. The van der Waals surface area contributed by atoms with Crippen molar-refractivity contribution in [1.82, 2.24) is 25.8 Å². The van der Waals surface area contributed by atoms with Crippen LogP contribution in [-0.4, -0.2) is 101 Å². The highest BCUT2D eigenvalue weighted by molar-refractivity contribution is 8.03. The zero-order valence-corrected chi connectivity index (χ0v) is 20.6. The SMILES string of the molecule is CNCC(=O)N[C@H](C)[C@H]1C(=O)N2C(C(=O)O)=C(S[C@@H]3CN[C@H](C(=O)N4CC[C@H](N)C4)C3)[C@H](C)[C@H]12. The minimum Gasteiger partial charge on any atom is -0.477 e. The van der Waals surface area contributed by atoms with Crippen LogP contribution in [0.2, 0.25) is 0 Å². The van der Waals surface area contributed by atoms with Crippen molar-refractivity contribution in [2.45, 2.75) is 56.1 Å². The van der Waals surface area contributed by atoms with Crippen molar-refractivity contribution in [2.24, 2.45) is 17.6 Å². The molecule has 3 amide bonds. The average Bonchev–Trinajstić information content (AvgIpc) is 3.46. The van der Waals surface area contributed by atoms with Crippen molar-refractivity contribution in [3.63, 3.8) is 0 Å². The van der Waals surface area contributed by atoms with Gasteiger partial charge in [-0.1, -0.05) is 6.92 Å². The molecule has 0 aliphatic carbocycles. The van der Waals surface area contributed by atoms with Crippen LogP contribution in [0.15, 0.2) is 10.6 Å². The monoisotopic (exact) mass is 494 g/mol. The summed E-state index contributed by atoms with van der Waals surface area (Å²) in [6.07, 6.45) is 1.40. The quantitative estimate of drug-likeness (QED) is 0.254. The number of β-lactam (4-membered cyclic amide) rings is 1. The zero-order valence-electron chi connectivity index (χ0n) is 19.7. The second-order valence-electron chi connectivity index (χ2n) is 9.69. The van der Waals surface area contributed by atoms with Crippen molar-refractivity contribution in [2.75, 3.05) is 33.2 Å². The molecule has 0 aromatic rings. The molecule has 0 saturated carbocycles. The molecule has 4 aliphatic heterocycles. The summed E-state index contributed by atoms with van der Waals surface area (Å²) in [6, 6.07) is -0.983. The number of hydrogen-bond donors (Lipinski definition) is 5. The lowest BCUT2D eigenvalue weighted by Gasteiger charge is -2.47. The van der Waals surface area contributed by atoms with Crippen LogP contribution in [0.1, 0.15) is 26.7 Å². The number of carbonyl (C=O) groups is 4. The second kappa shape index (κ2) is 9.84. The topological polar surface area (TPSA) is 157 Å². The Morgan fingerprint density at radius 1 is 1.35 bits per heavy atom. The van der Waals surface area contributed by atoms with Gasteiger partial charge in [0.2, 0.25) is 17.7 Å². The molecule has 6 N–H and O–H groups in total. The molecule has 12 heteroatoms. The van der Waals surface area contributed by atoms with Crippen molar-refractivity contribution in [1.29, 1.82) is 0 Å². The average molecular weight is 495 g/mol. The number of nitrogens with two attached hydrogens (primary N) is 1. The van der Waals surface area contributed by atoms with Gasteiger partial charge in [0.15, 0.2) is 0 Å². The fourth-order valence-electron chi connectivity index (χ4n) is 5.62. The maximum atomic E-state index is 13.0. The molecule has 0 bridgehead atoms. The fraction of sp³-hybridized carbons (Fsp3) is 0.727. The Hall–Kier alpha value is -2.15. The van der Waals surface area contributed by atoms with E-state index < -0.39 is 17.9 Å². The fourth-order valence-corrected chi connectivity index (χ4v) is 7.10. The molecule has 4 aliphatic rings. The maximum Gasteiger partial charge on any atom is 0.353 e. The van der Waals surface area contributed by atoms with E-state index in [1.54, 1.807) is 18.9 Å². The van der Waals surface area contributed by atoms with Crippen LogP contribution >= 0.6 is 11.8 Å². The number of fused-ring (bicyclic) bond motifs is 1. The van der Waals surface area contributed by atoms with E-state index in [9.17, 15) is 24.3 Å². The van der Waals surface area contributed by atoms with Gasteiger partial charge in [-0.25, -0.2) is 4.79 Å². The number of hydrogen-bond acceptors (Lipinski definition) is 8. The first kappa shape index (κ1) is 25.0. The third-order valence-corrected chi connectivity index (χ3v) is 8.79. The van der Waals surface area contributed by atoms with Gasteiger partial charge in [-0.3, -0.25) is 14.4 Å². The molecule has 11 nitrogen and oxygen atoms in total. The maximum absolute atomic E-state index is 13.0. The lowest BCUT2D eigenvalue weighted by Crippen LogP contribution is -2.66. The Morgan fingerprint density at radius 3 is 2.71 bits per heavy atom. The van der Waals surface area contributed by atoms with E-state index in [-0.39, 0.29) is 59.3 Å². The van der Waals surface area contributed by atoms with Gasteiger partial charge < -0.3 is 36.6 Å². The molecule has 7 atom stereocenters. The van der Waals surface area contributed by atoms with Crippen LogP contribution in [0.4, 0.5) is 0 Å². The zero-order chi connectivity index (χ0) is 24.7. The van der Waals surface area contributed by atoms with Gasteiger partial charge in [0, 0.05) is 47.8 Å². The van der Waals surface area contributed by atoms with E-state index in [1.165, 1.54) is 16.7 Å². The first-order chi connectivity index (χ1) is 16.1. The first-order valence-corrected chi connectivity index (χ1v) is 12.7. The van der Waals surface area contributed by atoms with Crippen molar-refractivity contribution in [3.8, 4) is 0 Å². The molecule has 0 aromatic heterocycles. The lowest BCUT2D eigenvalue weighted by molar-refractivity contribution is -0.158. The summed E-state index contributed by atoms with van der Waals surface area (Å²) in [4.78, 5) is 53.8.